The predicted molar refractivity (Wildman–Crippen MR) is 76.3 cm³/mol. The second kappa shape index (κ2) is 6.42. The predicted octanol–water partition coefficient (Wildman–Crippen LogP) is 4.98. The van der Waals surface area contributed by atoms with Crippen molar-refractivity contribution in [2.24, 2.45) is 5.92 Å². The normalized spacial score (nSPS) is 13.7. The van der Waals surface area contributed by atoms with Gasteiger partial charge < -0.3 is 0 Å². The van der Waals surface area contributed by atoms with Crippen LogP contribution in [0.1, 0.15) is 57.2 Å². The zero-order valence-electron chi connectivity index (χ0n) is 11.6. The Morgan fingerprint density at radius 2 is 1.71 bits per heavy atom. The molecule has 0 N–H and O–H groups in total. The van der Waals surface area contributed by atoms with E-state index in [0.29, 0.717) is 17.9 Å². The van der Waals surface area contributed by atoms with Gasteiger partial charge in [0.1, 0.15) is 0 Å². The third kappa shape index (κ3) is 4.33. The fourth-order valence-electron chi connectivity index (χ4n) is 2.06. The van der Waals surface area contributed by atoms with Crippen LogP contribution in [-0.4, -0.2) is 11.5 Å². The topological polar surface area (TPSA) is 3.24 Å². The van der Waals surface area contributed by atoms with Gasteiger partial charge in [-0.05, 0) is 41.2 Å². The van der Waals surface area contributed by atoms with Gasteiger partial charge in [-0.1, -0.05) is 52.0 Å². The summed E-state index contributed by atoms with van der Waals surface area (Å²) >= 11 is 6.19. The Labute approximate surface area is 111 Å². The number of nitrogens with zero attached hydrogens (tertiary/aromatic N) is 1. The highest BCUT2D eigenvalue weighted by Crippen LogP contribution is 2.29. The molecule has 0 amide bonds. The van der Waals surface area contributed by atoms with Crippen molar-refractivity contribution in [1.29, 1.82) is 0 Å². The van der Waals surface area contributed by atoms with Crippen LogP contribution in [0.4, 0.5) is 0 Å². The average molecular weight is 254 g/mol. The molecular formula is C15H24ClN. The monoisotopic (exact) mass is 253 g/mol. The number of hydrogen-bond donors (Lipinski definition) is 0. The lowest BCUT2D eigenvalue weighted by Crippen LogP contribution is -2.17. The molecule has 1 aromatic carbocycles. The summed E-state index contributed by atoms with van der Waals surface area (Å²) in [6.45, 7) is 8.92. The molecule has 0 aromatic heterocycles. The number of halogens is 1. The first-order valence-electron chi connectivity index (χ1n) is 6.40. The van der Waals surface area contributed by atoms with Crippen LogP contribution in [0.3, 0.4) is 0 Å². The van der Waals surface area contributed by atoms with E-state index in [2.05, 4.69) is 52.0 Å². The second-order valence-corrected chi connectivity index (χ2v) is 6.03. The standard InChI is InChI=1S/C15H24ClN/c1-11(2)9-15(17(5)16)14-8-6-7-13(10-14)12(3)4/h6-8,10-12,15H,9H2,1-5H3/t15-/m1/s1. The largest absolute Gasteiger partial charge is 0.216 e. The Morgan fingerprint density at radius 1 is 1.12 bits per heavy atom. The SMILES string of the molecule is CC(C)C[C@H](c1cccc(C(C)C)c1)N(C)Cl. The van der Waals surface area contributed by atoms with Crippen molar-refractivity contribution in [3.63, 3.8) is 0 Å². The van der Waals surface area contributed by atoms with Crippen LogP contribution in [0, 0.1) is 5.92 Å². The minimum absolute atomic E-state index is 0.301. The maximum atomic E-state index is 6.19. The third-order valence-electron chi connectivity index (χ3n) is 3.09. The lowest BCUT2D eigenvalue weighted by atomic mass is 9.93. The summed E-state index contributed by atoms with van der Waals surface area (Å²) in [6.07, 6.45) is 1.08. The Kier molecular flexibility index (Phi) is 5.48. The van der Waals surface area contributed by atoms with Gasteiger partial charge in [-0.3, -0.25) is 0 Å². The van der Waals surface area contributed by atoms with E-state index in [1.807, 2.05) is 7.05 Å². The molecule has 17 heavy (non-hydrogen) atoms. The lowest BCUT2D eigenvalue weighted by molar-refractivity contribution is 0.340. The van der Waals surface area contributed by atoms with Crippen LogP contribution in [0.5, 0.6) is 0 Å². The molecule has 0 saturated heterocycles. The lowest BCUT2D eigenvalue weighted by Gasteiger charge is -2.25. The molecule has 0 spiro atoms. The summed E-state index contributed by atoms with van der Waals surface area (Å²) in [7, 11) is 1.94. The molecule has 0 fully saturated rings. The van der Waals surface area contributed by atoms with Gasteiger partial charge >= 0.3 is 0 Å². The summed E-state index contributed by atoms with van der Waals surface area (Å²) in [5, 5.41) is 0. The van der Waals surface area contributed by atoms with Gasteiger partial charge in [-0.25, -0.2) is 4.42 Å². The van der Waals surface area contributed by atoms with Gasteiger partial charge in [-0.15, -0.1) is 0 Å². The van der Waals surface area contributed by atoms with Crippen molar-refractivity contribution in [3.05, 3.63) is 35.4 Å². The molecule has 0 bridgehead atoms. The quantitative estimate of drug-likeness (QED) is 0.669. The van der Waals surface area contributed by atoms with E-state index in [1.54, 1.807) is 4.42 Å². The molecule has 0 aliphatic heterocycles. The number of hydrogen-bond acceptors (Lipinski definition) is 1. The van der Waals surface area contributed by atoms with E-state index < -0.39 is 0 Å². The highest BCUT2D eigenvalue weighted by Gasteiger charge is 2.17. The highest BCUT2D eigenvalue weighted by atomic mass is 35.5. The van der Waals surface area contributed by atoms with Gasteiger partial charge in [0.2, 0.25) is 0 Å². The molecule has 0 aliphatic carbocycles. The maximum absolute atomic E-state index is 6.19. The van der Waals surface area contributed by atoms with Crippen LogP contribution in [0.2, 0.25) is 0 Å². The van der Waals surface area contributed by atoms with Gasteiger partial charge in [0, 0.05) is 13.1 Å². The Morgan fingerprint density at radius 3 is 2.18 bits per heavy atom. The van der Waals surface area contributed by atoms with E-state index in [9.17, 15) is 0 Å². The molecule has 96 valence electrons. The van der Waals surface area contributed by atoms with Crippen LogP contribution in [0.25, 0.3) is 0 Å². The zero-order chi connectivity index (χ0) is 13.0. The molecule has 0 heterocycles. The molecule has 1 aromatic rings. The summed E-state index contributed by atoms with van der Waals surface area (Å²) < 4.78 is 1.81. The molecule has 1 nitrogen and oxygen atoms in total. The molecule has 0 saturated carbocycles. The van der Waals surface area contributed by atoms with Crippen molar-refractivity contribution in [1.82, 2.24) is 4.42 Å². The van der Waals surface area contributed by atoms with Crippen LogP contribution >= 0.6 is 11.8 Å². The van der Waals surface area contributed by atoms with Crippen molar-refractivity contribution < 1.29 is 0 Å². The van der Waals surface area contributed by atoms with Gasteiger partial charge in [0.15, 0.2) is 0 Å². The minimum Gasteiger partial charge on any atom is -0.216 e. The van der Waals surface area contributed by atoms with Crippen molar-refractivity contribution in [3.8, 4) is 0 Å². The zero-order valence-corrected chi connectivity index (χ0v) is 12.3. The van der Waals surface area contributed by atoms with Crippen molar-refractivity contribution in [2.45, 2.75) is 46.1 Å². The third-order valence-corrected chi connectivity index (χ3v) is 3.32. The smallest absolute Gasteiger partial charge is 0.0500 e. The molecule has 2 heteroatoms. The molecule has 0 aliphatic rings. The number of rotatable bonds is 5. The average Bonchev–Trinajstić information content (AvgIpc) is 2.25. The first-order valence-corrected chi connectivity index (χ1v) is 6.74. The summed E-state index contributed by atoms with van der Waals surface area (Å²) in [5.74, 6) is 1.21. The highest BCUT2D eigenvalue weighted by molar-refractivity contribution is 6.13. The van der Waals surface area contributed by atoms with E-state index in [-0.39, 0.29) is 0 Å². The molecule has 1 atom stereocenters. The fraction of sp³-hybridized carbons (Fsp3) is 0.600. The summed E-state index contributed by atoms with van der Waals surface area (Å²) in [6, 6.07) is 9.09. The Bertz CT molecular complexity index is 345. The van der Waals surface area contributed by atoms with Gasteiger partial charge in [-0.2, -0.15) is 0 Å². The van der Waals surface area contributed by atoms with Crippen LogP contribution in [0.15, 0.2) is 24.3 Å². The summed E-state index contributed by atoms with van der Waals surface area (Å²) in [4.78, 5) is 0. The maximum Gasteiger partial charge on any atom is 0.0500 e. The minimum atomic E-state index is 0.301. The molecule has 1 rings (SSSR count). The van der Waals surface area contributed by atoms with E-state index in [4.69, 9.17) is 11.8 Å². The fourth-order valence-corrected chi connectivity index (χ4v) is 2.25. The van der Waals surface area contributed by atoms with Crippen LogP contribution in [-0.2, 0) is 0 Å². The van der Waals surface area contributed by atoms with E-state index in [1.165, 1.54) is 11.1 Å². The summed E-state index contributed by atoms with van der Waals surface area (Å²) in [5.41, 5.74) is 2.71. The van der Waals surface area contributed by atoms with Gasteiger partial charge in [0.05, 0.1) is 0 Å². The first kappa shape index (κ1) is 14.5. The molecule has 0 radical (unpaired) electrons. The van der Waals surface area contributed by atoms with Crippen LogP contribution < -0.4 is 0 Å². The molecular weight excluding hydrogens is 230 g/mol. The molecule has 0 unspecified atom stereocenters. The van der Waals surface area contributed by atoms with Crippen molar-refractivity contribution in [2.75, 3.05) is 7.05 Å². The van der Waals surface area contributed by atoms with E-state index >= 15 is 0 Å². The van der Waals surface area contributed by atoms with E-state index in [0.717, 1.165) is 6.42 Å². The Hall–Kier alpha value is -0.530. The Balaban J connectivity index is 2.97. The first-order chi connectivity index (χ1) is 7.91. The second-order valence-electron chi connectivity index (χ2n) is 5.49. The number of benzene rings is 1. The van der Waals surface area contributed by atoms with Gasteiger partial charge in [0.25, 0.3) is 0 Å². The van der Waals surface area contributed by atoms with Crippen molar-refractivity contribution >= 4 is 11.8 Å².